The number of carbonyl (C=O) groups excluding carboxylic acids is 1. The zero-order valence-corrected chi connectivity index (χ0v) is 18.8. The van der Waals surface area contributed by atoms with Crippen molar-refractivity contribution in [2.75, 3.05) is 12.4 Å². The van der Waals surface area contributed by atoms with Gasteiger partial charge in [-0.05, 0) is 37.3 Å². The summed E-state index contributed by atoms with van der Waals surface area (Å²) < 4.78 is 54.0. The van der Waals surface area contributed by atoms with Crippen molar-refractivity contribution in [3.63, 3.8) is 0 Å². The quantitative estimate of drug-likeness (QED) is 0.320. The number of alkyl halides is 3. The summed E-state index contributed by atoms with van der Waals surface area (Å²) in [5.41, 5.74) is -1.44. The predicted octanol–water partition coefficient (Wildman–Crippen LogP) is 5.26. The minimum absolute atomic E-state index is 0.0673. The number of benzene rings is 1. The van der Waals surface area contributed by atoms with Crippen LogP contribution in [0.2, 0.25) is 5.02 Å². The van der Waals surface area contributed by atoms with Crippen LogP contribution >= 0.6 is 11.6 Å². The number of carbonyl (C=O) groups is 1. The lowest BCUT2D eigenvalue weighted by Crippen LogP contribution is -2.30. The normalized spacial score (nSPS) is 11.9. The van der Waals surface area contributed by atoms with Crippen LogP contribution in [0.15, 0.2) is 48.7 Å². The molecule has 0 aliphatic heterocycles. The molecule has 0 saturated heterocycles. The Labute approximate surface area is 200 Å². The van der Waals surface area contributed by atoms with Crippen molar-refractivity contribution in [1.29, 1.82) is 0 Å². The standard InChI is InChI=1S/C21H16ClF3N4O6/c1-11(19(30)28-18-16(29(31)32)7-8-17(27-18)33-2)34-13-3-5-14(6-4-13)35-20-15(22)9-12(10-26-20)21(23,24)25/h3-11H,1-2H3,(H,27,28,30). The van der Waals surface area contributed by atoms with Gasteiger partial charge in [-0.1, -0.05) is 11.6 Å². The first-order chi connectivity index (χ1) is 16.5. The Hall–Kier alpha value is -4.13. The fourth-order valence-electron chi connectivity index (χ4n) is 2.62. The second-order valence-corrected chi connectivity index (χ2v) is 7.22. The minimum Gasteiger partial charge on any atom is -0.481 e. The molecule has 0 aliphatic rings. The zero-order chi connectivity index (χ0) is 25.8. The van der Waals surface area contributed by atoms with Crippen LogP contribution in [0.4, 0.5) is 24.7 Å². The molecule has 35 heavy (non-hydrogen) atoms. The minimum atomic E-state index is -4.59. The first kappa shape index (κ1) is 25.5. The van der Waals surface area contributed by atoms with Gasteiger partial charge < -0.3 is 19.5 Å². The third kappa shape index (κ3) is 6.47. The number of amides is 1. The summed E-state index contributed by atoms with van der Waals surface area (Å²) in [6.45, 7) is 1.41. The SMILES string of the molecule is COc1ccc([N+](=O)[O-])c(NC(=O)C(C)Oc2ccc(Oc3ncc(C(F)(F)F)cc3Cl)cc2)n1. The fourth-order valence-corrected chi connectivity index (χ4v) is 2.82. The lowest BCUT2D eigenvalue weighted by molar-refractivity contribution is -0.384. The number of ether oxygens (including phenoxy) is 3. The van der Waals surface area contributed by atoms with Crippen LogP contribution in [0.5, 0.6) is 23.3 Å². The van der Waals surface area contributed by atoms with Crippen molar-refractivity contribution in [2.24, 2.45) is 0 Å². The molecule has 1 amide bonds. The predicted molar refractivity (Wildman–Crippen MR) is 117 cm³/mol. The van der Waals surface area contributed by atoms with Gasteiger partial charge in [0.25, 0.3) is 5.91 Å². The van der Waals surface area contributed by atoms with E-state index in [0.29, 0.717) is 12.3 Å². The van der Waals surface area contributed by atoms with E-state index in [1.165, 1.54) is 44.4 Å². The van der Waals surface area contributed by atoms with Crippen molar-refractivity contribution in [1.82, 2.24) is 9.97 Å². The molecular formula is C21H16ClF3N4O6. The molecule has 10 nitrogen and oxygen atoms in total. The Morgan fingerprint density at radius 2 is 1.83 bits per heavy atom. The van der Waals surface area contributed by atoms with Crippen molar-refractivity contribution in [3.8, 4) is 23.3 Å². The van der Waals surface area contributed by atoms with Crippen LogP contribution in [0.25, 0.3) is 0 Å². The highest BCUT2D eigenvalue weighted by atomic mass is 35.5. The van der Waals surface area contributed by atoms with Gasteiger partial charge in [0.1, 0.15) is 16.5 Å². The summed E-state index contributed by atoms with van der Waals surface area (Å²) in [5.74, 6) is -0.750. The maximum Gasteiger partial charge on any atom is 0.417 e. The van der Waals surface area contributed by atoms with E-state index in [-0.39, 0.29) is 34.1 Å². The maximum atomic E-state index is 12.7. The lowest BCUT2D eigenvalue weighted by Gasteiger charge is -2.15. The summed E-state index contributed by atoms with van der Waals surface area (Å²) in [5, 5.41) is 13.2. The summed E-state index contributed by atoms with van der Waals surface area (Å²) in [6, 6.07) is 8.83. The fraction of sp³-hybridized carbons (Fsp3) is 0.190. The monoisotopic (exact) mass is 512 g/mol. The highest BCUT2D eigenvalue weighted by Gasteiger charge is 2.32. The molecule has 3 aromatic rings. The molecule has 0 bridgehead atoms. The van der Waals surface area contributed by atoms with Crippen LogP contribution in [0.3, 0.4) is 0 Å². The lowest BCUT2D eigenvalue weighted by atomic mass is 10.3. The van der Waals surface area contributed by atoms with Gasteiger partial charge >= 0.3 is 11.9 Å². The second-order valence-electron chi connectivity index (χ2n) is 6.81. The average molecular weight is 513 g/mol. The number of aromatic nitrogens is 2. The molecule has 1 aromatic carbocycles. The van der Waals surface area contributed by atoms with Crippen LogP contribution < -0.4 is 19.5 Å². The molecule has 1 unspecified atom stereocenters. The van der Waals surface area contributed by atoms with E-state index in [1.54, 1.807) is 0 Å². The molecular weight excluding hydrogens is 497 g/mol. The molecule has 14 heteroatoms. The zero-order valence-electron chi connectivity index (χ0n) is 18.0. The first-order valence-corrected chi connectivity index (χ1v) is 10.0. The van der Waals surface area contributed by atoms with E-state index >= 15 is 0 Å². The number of pyridine rings is 2. The number of methoxy groups -OCH3 is 1. The Kier molecular flexibility index (Phi) is 7.59. The van der Waals surface area contributed by atoms with Gasteiger partial charge in [0, 0.05) is 18.3 Å². The highest BCUT2D eigenvalue weighted by molar-refractivity contribution is 6.31. The van der Waals surface area contributed by atoms with E-state index in [1.807, 2.05) is 0 Å². The number of nitrogens with one attached hydrogen (secondary N) is 1. The smallest absolute Gasteiger partial charge is 0.417 e. The Morgan fingerprint density at radius 3 is 2.40 bits per heavy atom. The molecule has 0 radical (unpaired) electrons. The molecule has 0 fully saturated rings. The third-order valence-electron chi connectivity index (χ3n) is 4.35. The summed E-state index contributed by atoms with van der Waals surface area (Å²) in [4.78, 5) is 30.4. The summed E-state index contributed by atoms with van der Waals surface area (Å²) in [7, 11) is 1.32. The first-order valence-electron chi connectivity index (χ1n) is 9.65. The van der Waals surface area contributed by atoms with Crippen LogP contribution in [0.1, 0.15) is 12.5 Å². The van der Waals surface area contributed by atoms with Crippen LogP contribution in [-0.4, -0.2) is 34.0 Å². The highest BCUT2D eigenvalue weighted by Crippen LogP contribution is 2.35. The number of halogens is 4. The average Bonchev–Trinajstić information content (AvgIpc) is 2.80. The van der Waals surface area contributed by atoms with Crippen LogP contribution in [0, 0.1) is 10.1 Å². The van der Waals surface area contributed by atoms with Crippen molar-refractivity contribution in [2.45, 2.75) is 19.2 Å². The molecule has 2 aromatic heterocycles. The molecule has 3 rings (SSSR count). The second kappa shape index (κ2) is 10.4. The van der Waals surface area contributed by atoms with Crippen molar-refractivity contribution < 1.29 is 37.1 Å². The molecule has 184 valence electrons. The molecule has 1 N–H and O–H groups in total. The van der Waals surface area contributed by atoms with E-state index in [4.69, 9.17) is 25.8 Å². The Morgan fingerprint density at radius 1 is 1.17 bits per heavy atom. The van der Waals surface area contributed by atoms with Gasteiger partial charge in [0.2, 0.25) is 17.6 Å². The number of nitro groups is 1. The van der Waals surface area contributed by atoms with Gasteiger partial charge in [-0.15, -0.1) is 0 Å². The third-order valence-corrected chi connectivity index (χ3v) is 4.62. The van der Waals surface area contributed by atoms with E-state index in [0.717, 1.165) is 6.07 Å². The van der Waals surface area contributed by atoms with Gasteiger partial charge in [-0.25, -0.2) is 4.98 Å². The van der Waals surface area contributed by atoms with Gasteiger partial charge in [0.05, 0.1) is 17.6 Å². The van der Waals surface area contributed by atoms with Crippen molar-refractivity contribution in [3.05, 3.63) is 69.4 Å². The van der Waals surface area contributed by atoms with Gasteiger partial charge in [-0.3, -0.25) is 14.9 Å². The molecule has 0 aliphatic carbocycles. The number of hydrogen-bond donors (Lipinski definition) is 1. The Bertz CT molecular complexity index is 1240. The maximum absolute atomic E-state index is 12.7. The summed E-state index contributed by atoms with van der Waals surface area (Å²) >= 11 is 5.82. The number of hydrogen-bond acceptors (Lipinski definition) is 8. The summed E-state index contributed by atoms with van der Waals surface area (Å²) in [6.07, 6.45) is -5.08. The van der Waals surface area contributed by atoms with E-state index < -0.39 is 34.4 Å². The van der Waals surface area contributed by atoms with E-state index in [2.05, 4.69) is 15.3 Å². The molecule has 2 heterocycles. The van der Waals surface area contributed by atoms with Gasteiger partial charge in [-0.2, -0.15) is 18.2 Å². The largest absolute Gasteiger partial charge is 0.481 e. The topological polar surface area (TPSA) is 126 Å². The molecule has 1 atom stereocenters. The molecule has 0 spiro atoms. The van der Waals surface area contributed by atoms with E-state index in [9.17, 15) is 28.1 Å². The number of nitrogens with zero attached hydrogens (tertiary/aromatic N) is 3. The van der Waals surface area contributed by atoms with Crippen molar-refractivity contribution >= 4 is 29.0 Å². The molecule has 0 saturated carbocycles. The number of rotatable bonds is 8. The number of anilines is 1. The van der Waals surface area contributed by atoms with Gasteiger partial charge in [0.15, 0.2) is 6.10 Å². The Balaban J connectivity index is 1.65. The van der Waals surface area contributed by atoms with Crippen LogP contribution in [-0.2, 0) is 11.0 Å².